The molecule has 0 saturated heterocycles. The number of nitrogens with zero attached hydrogens (tertiary/aromatic N) is 2. The van der Waals surface area contributed by atoms with Gasteiger partial charge in [0.05, 0.1) is 16.8 Å². The molecule has 0 fully saturated rings. The Morgan fingerprint density at radius 2 is 1.79 bits per heavy atom. The fraction of sp³-hybridized carbons (Fsp3) is 0.200. The Kier molecular flexibility index (Phi) is 6.04. The second-order valence-corrected chi connectivity index (χ2v) is 8.47. The standard InChI is InChI=1S/C20H18BrClN4O3/c1-20(2,3)29-19(28)26-25-18(27)13-8-15(11-4-6-12(21)7-5-11)24-16-9-17(22)23-10-14(13)16/h4-10H,1-3H3,(H,25,27)(H,26,28). The van der Waals surface area contributed by atoms with E-state index in [0.29, 0.717) is 16.6 Å². The molecule has 0 aliphatic rings. The minimum Gasteiger partial charge on any atom is -0.443 e. The molecule has 2 aromatic heterocycles. The molecule has 150 valence electrons. The van der Waals surface area contributed by atoms with E-state index in [1.54, 1.807) is 32.9 Å². The number of fused-ring (bicyclic) bond motifs is 1. The molecule has 29 heavy (non-hydrogen) atoms. The van der Waals surface area contributed by atoms with Crippen LogP contribution >= 0.6 is 27.5 Å². The molecule has 0 aliphatic heterocycles. The maximum atomic E-state index is 12.8. The Bertz CT molecular complexity index is 1080. The van der Waals surface area contributed by atoms with Gasteiger partial charge in [-0.05, 0) is 39.0 Å². The van der Waals surface area contributed by atoms with E-state index < -0.39 is 17.6 Å². The summed E-state index contributed by atoms with van der Waals surface area (Å²) in [5, 5.41) is 0.759. The first-order chi connectivity index (χ1) is 13.6. The highest BCUT2D eigenvalue weighted by molar-refractivity contribution is 9.10. The van der Waals surface area contributed by atoms with Crippen LogP contribution < -0.4 is 10.9 Å². The molecule has 7 nitrogen and oxygen atoms in total. The summed E-state index contributed by atoms with van der Waals surface area (Å²) in [4.78, 5) is 33.2. The summed E-state index contributed by atoms with van der Waals surface area (Å²) in [5.74, 6) is -0.536. The zero-order valence-electron chi connectivity index (χ0n) is 15.9. The third-order valence-corrected chi connectivity index (χ3v) is 4.46. The smallest absolute Gasteiger partial charge is 0.426 e. The molecule has 0 spiro atoms. The van der Waals surface area contributed by atoms with Crippen LogP contribution in [0.5, 0.6) is 0 Å². The summed E-state index contributed by atoms with van der Waals surface area (Å²) in [5.41, 5.74) is 6.10. The summed E-state index contributed by atoms with van der Waals surface area (Å²) in [6, 6.07) is 10.7. The van der Waals surface area contributed by atoms with Gasteiger partial charge in [-0.2, -0.15) is 0 Å². The van der Waals surface area contributed by atoms with Gasteiger partial charge in [0.15, 0.2) is 0 Å². The molecule has 0 saturated carbocycles. The van der Waals surface area contributed by atoms with Crippen LogP contribution in [0.15, 0.2) is 47.1 Å². The fourth-order valence-corrected chi connectivity index (χ4v) is 2.95. The van der Waals surface area contributed by atoms with Gasteiger partial charge in [-0.15, -0.1) is 0 Å². The average molecular weight is 478 g/mol. The van der Waals surface area contributed by atoms with Crippen molar-refractivity contribution in [3.05, 3.63) is 57.8 Å². The van der Waals surface area contributed by atoms with Crippen molar-refractivity contribution in [2.45, 2.75) is 26.4 Å². The van der Waals surface area contributed by atoms with Crippen molar-refractivity contribution in [2.24, 2.45) is 0 Å². The minimum absolute atomic E-state index is 0.260. The van der Waals surface area contributed by atoms with E-state index in [9.17, 15) is 9.59 Å². The zero-order chi connectivity index (χ0) is 21.2. The Morgan fingerprint density at radius 3 is 2.45 bits per heavy atom. The van der Waals surface area contributed by atoms with E-state index in [1.165, 1.54) is 6.20 Å². The number of rotatable bonds is 2. The number of halogens is 2. The normalized spacial score (nSPS) is 11.2. The Labute approximate surface area is 180 Å². The third-order valence-electron chi connectivity index (χ3n) is 3.72. The van der Waals surface area contributed by atoms with Crippen molar-refractivity contribution in [3.8, 4) is 11.3 Å². The predicted octanol–water partition coefficient (Wildman–Crippen LogP) is 4.88. The predicted molar refractivity (Wildman–Crippen MR) is 115 cm³/mol. The lowest BCUT2D eigenvalue weighted by atomic mass is 10.1. The number of pyridine rings is 2. The lowest BCUT2D eigenvalue weighted by Gasteiger charge is -2.19. The van der Waals surface area contributed by atoms with Gasteiger partial charge in [-0.3, -0.25) is 10.2 Å². The van der Waals surface area contributed by atoms with E-state index in [-0.39, 0.29) is 10.7 Å². The number of hydrogen-bond acceptors (Lipinski definition) is 5. The van der Waals surface area contributed by atoms with E-state index in [2.05, 4.69) is 36.7 Å². The molecule has 3 rings (SSSR count). The van der Waals surface area contributed by atoms with Gasteiger partial charge in [0.25, 0.3) is 5.91 Å². The van der Waals surface area contributed by atoms with Crippen molar-refractivity contribution in [1.29, 1.82) is 0 Å². The second kappa shape index (κ2) is 8.34. The Morgan fingerprint density at radius 1 is 1.10 bits per heavy atom. The first kappa shape index (κ1) is 21.0. The van der Waals surface area contributed by atoms with Crippen LogP contribution in [0.1, 0.15) is 31.1 Å². The van der Waals surface area contributed by atoms with Gasteiger partial charge < -0.3 is 4.74 Å². The number of hydrazine groups is 1. The molecular weight excluding hydrogens is 460 g/mol. The molecule has 0 unspecified atom stereocenters. The number of aromatic nitrogens is 2. The lowest BCUT2D eigenvalue weighted by molar-refractivity contribution is 0.0483. The monoisotopic (exact) mass is 476 g/mol. The van der Waals surface area contributed by atoms with Gasteiger partial charge >= 0.3 is 6.09 Å². The zero-order valence-corrected chi connectivity index (χ0v) is 18.3. The van der Waals surface area contributed by atoms with Crippen LogP contribution in [0.2, 0.25) is 5.15 Å². The van der Waals surface area contributed by atoms with Gasteiger partial charge in [0, 0.05) is 27.7 Å². The van der Waals surface area contributed by atoms with Crippen LogP contribution in [0.3, 0.4) is 0 Å². The van der Waals surface area contributed by atoms with Crippen molar-refractivity contribution < 1.29 is 14.3 Å². The van der Waals surface area contributed by atoms with Crippen molar-refractivity contribution in [2.75, 3.05) is 0 Å². The summed E-state index contributed by atoms with van der Waals surface area (Å²) in [6.45, 7) is 5.18. The summed E-state index contributed by atoms with van der Waals surface area (Å²) < 4.78 is 6.04. The van der Waals surface area contributed by atoms with E-state index in [4.69, 9.17) is 16.3 Å². The molecule has 0 aliphatic carbocycles. The third kappa shape index (κ3) is 5.42. The van der Waals surface area contributed by atoms with Crippen molar-refractivity contribution in [3.63, 3.8) is 0 Å². The SMILES string of the molecule is CC(C)(C)OC(=O)NNC(=O)c1cc(-c2ccc(Br)cc2)nc2cc(Cl)ncc12. The topological polar surface area (TPSA) is 93.2 Å². The summed E-state index contributed by atoms with van der Waals surface area (Å²) >= 11 is 9.40. The van der Waals surface area contributed by atoms with E-state index >= 15 is 0 Å². The van der Waals surface area contributed by atoms with Crippen LogP contribution in [0, 0.1) is 0 Å². The first-order valence-corrected chi connectivity index (χ1v) is 9.81. The van der Waals surface area contributed by atoms with Crippen LogP contribution in [-0.2, 0) is 4.74 Å². The fourth-order valence-electron chi connectivity index (χ4n) is 2.53. The molecule has 0 atom stereocenters. The lowest BCUT2D eigenvalue weighted by Crippen LogP contribution is -2.44. The largest absolute Gasteiger partial charge is 0.443 e. The molecule has 2 heterocycles. The number of benzene rings is 1. The average Bonchev–Trinajstić information content (AvgIpc) is 2.64. The van der Waals surface area contributed by atoms with Crippen LogP contribution in [-0.4, -0.2) is 27.6 Å². The molecule has 2 N–H and O–H groups in total. The van der Waals surface area contributed by atoms with Gasteiger partial charge in [-0.1, -0.05) is 39.7 Å². The molecule has 0 radical (unpaired) electrons. The van der Waals surface area contributed by atoms with Gasteiger partial charge in [0.1, 0.15) is 10.8 Å². The second-order valence-electron chi connectivity index (χ2n) is 7.17. The highest BCUT2D eigenvalue weighted by Gasteiger charge is 2.19. The molecular formula is C20H18BrClN4O3. The van der Waals surface area contributed by atoms with Crippen LogP contribution in [0.25, 0.3) is 22.2 Å². The number of carbonyl (C=O) groups excluding carboxylic acids is 2. The maximum Gasteiger partial charge on any atom is 0.426 e. The Balaban J connectivity index is 1.96. The number of nitrogens with one attached hydrogen (secondary N) is 2. The van der Waals surface area contributed by atoms with Crippen LogP contribution in [0.4, 0.5) is 4.79 Å². The number of carbonyl (C=O) groups is 2. The quantitative estimate of drug-likeness (QED) is 0.405. The molecule has 9 heteroatoms. The highest BCUT2D eigenvalue weighted by Crippen LogP contribution is 2.26. The van der Waals surface area contributed by atoms with Gasteiger partial charge in [0.2, 0.25) is 0 Å². The molecule has 0 bridgehead atoms. The van der Waals surface area contributed by atoms with Gasteiger partial charge in [-0.25, -0.2) is 20.2 Å². The van der Waals surface area contributed by atoms with E-state index in [1.807, 2.05) is 24.3 Å². The molecule has 3 aromatic rings. The summed E-state index contributed by atoms with van der Waals surface area (Å²) in [7, 11) is 0. The first-order valence-electron chi connectivity index (χ1n) is 8.64. The highest BCUT2D eigenvalue weighted by atomic mass is 79.9. The maximum absolute atomic E-state index is 12.8. The Hall–Kier alpha value is -2.71. The van der Waals surface area contributed by atoms with E-state index in [0.717, 1.165) is 10.0 Å². The van der Waals surface area contributed by atoms with Crippen molar-refractivity contribution >= 4 is 50.4 Å². The number of ether oxygens (including phenoxy) is 1. The minimum atomic E-state index is -0.765. The number of amides is 2. The number of hydrogen-bond donors (Lipinski definition) is 2. The molecule has 2 amide bonds. The summed E-state index contributed by atoms with van der Waals surface area (Å²) in [6.07, 6.45) is 0.705. The molecule has 1 aromatic carbocycles. The van der Waals surface area contributed by atoms with Crippen molar-refractivity contribution in [1.82, 2.24) is 20.8 Å².